The fourth-order valence-corrected chi connectivity index (χ4v) is 2.69. The Morgan fingerprint density at radius 3 is 2.85 bits per heavy atom. The summed E-state index contributed by atoms with van der Waals surface area (Å²) in [6, 6.07) is 7.72. The number of aliphatic hydroxyl groups is 1. The summed E-state index contributed by atoms with van der Waals surface area (Å²) in [5, 5.41) is 11.4. The molecule has 0 unspecified atom stereocenters. The maximum Gasteiger partial charge on any atom is 0.222 e. The normalized spacial score (nSPS) is 17.5. The van der Waals surface area contributed by atoms with E-state index in [0.717, 1.165) is 12.0 Å². The molecule has 0 spiro atoms. The SMILES string of the molecule is CC(=O)N1CCc2ccccc2[C@H]1CC(=O)NCCO. The van der Waals surface area contributed by atoms with E-state index in [4.69, 9.17) is 5.11 Å². The number of amides is 2. The fourth-order valence-electron chi connectivity index (χ4n) is 2.69. The van der Waals surface area contributed by atoms with E-state index in [9.17, 15) is 9.59 Å². The van der Waals surface area contributed by atoms with Crippen LogP contribution in [0.5, 0.6) is 0 Å². The van der Waals surface area contributed by atoms with Gasteiger partial charge in [0.15, 0.2) is 0 Å². The molecular formula is C15H20N2O3. The smallest absolute Gasteiger partial charge is 0.222 e. The number of carbonyl (C=O) groups is 2. The predicted octanol–water partition coefficient (Wildman–Crippen LogP) is 0.631. The number of rotatable bonds is 4. The third-order valence-corrected chi connectivity index (χ3v) is 3.63. The Hall–Kier alpha value is -1.88. The zero-order valence-corrected chi connectivity index (χ0v) is 11.6. The third-order valence-electron chi connectivity index (χ3n) is 3.63. The molecule has 20 heavy (non-hydrogen) atoms. The molecule has 0 saturated heterocycles. The molecule has 1 aliphatic heterocycles. The summed E-state index contributed by atoms with van der Waals surface area (Å²) < 4.78 is 0. The van der Waals surface area contributed by atoms with E-state index in [1.165, 1.54) is 12.5 Å². The number of fused-ring (bicyclic) bond motifs is 1. The molecule has 0 bridgehead atoms. The van der Waals surface area contributed by atoms with Crippen molar-refractivity contribution in [3.63, 3.8) is 0 Å². The van der Waals surface area contributed by atoms with Crippen LogP contribution in [0.2, 0.25) is 0 Å². The molecule has 5 heteroatoms. The first-order valence-electron chi connectivity index (χ1n) is 6.86. The maximum absolute atomic E-state index is 11.9. The Morgan fingerprint density at radius 2 is 2.15 bits per heavy atom. The molecule has 0 aromatic heterocycles. The molecule has 5 nitrogen and oxygen atoms in total. The van der Waals surface area contributed by atoms with Gasteiger partial charge in [0.1, 0.15) is 0 Å². The van der Waals surface area contributed by atoms with Crippen LogP contribution < -0.4 is 5.32 Å². The number of benzene rings is 1. The van der Waals surface area contributed by atoms with Crippen LogP contribution in [0.3, 0.4) is 0 Å². The molecule has 1 aliphatic rings. The highest BCUT2D eigenvalue weighted by atomic mass is 16.3. The number of hydrogen-bond acceptors (Lipinski definition) is 3. The van der Waals surface area contributed by atoms with E-state index in [-0.39, 0.29) is 37.4 Å². The molecule has 1 atom stereocenters. The first-order chi connectivity index (χ1) is 9.63. The first kappa shape index (κ1) is 14.5. The van der Waals surface area contributed by atoms with Gasteiger partial charge < -0.3 is 15.3 Å². The summed E-state index contributed by atoms with van der Waals surface area (Å²) >= 11 is 0. The Bertz CT molecular complexity index is 502. The van der Waals surface area contributed by atoms with Crippen molar-refractivity contribution in [2.45, 2.75) is 25.8 Å². The molecule has 1 aromatic rings. The van der Waals surface area contributed by atoms with Crippen molar-refractivity contribution in [2.24, 2.45) is 0 Å². The highest BCUT2D eigenvalue weighted by Crippen LogP contribution is 2.32. The number of nitrogens with zero attached hydrogens (tertiary/aromatic N) is 1. The molecule has 2 amide bonds. The Kier molecular flexibility index (Phi) is 4.74. The van der Waals surface area contributed by atoms with E-state index in [1.807, 2.05) is 24.3 Å². The lowest BCUT2D eigenvalue weighted by atomic mass is 9.90. The van der Waals surface area contributed by atoms with E-state index in [1.54, 1.807) is 4.90 Å². The Labute approximate surface area is 118 Å². The lowest BCUT2D eigenvalue weighted by Crippen LogP contribution is -2.41. The maximum atomic E-state index is 11.9. The standard InChI is InChI=1S/C15H20N2O3/c1-11(19)17-8-6-12-4-2-3-5-13(12)14(17)10-15(20)16-7-9-18/h2-5,14,18H,6-10H2,1H3,(H,16,20)/t14-/m1/s1. The molecular weight excluding hydrogens is 256 g/mol. The van der Waals surface area contributed by atoms with Gasteiger partial charge in [0.05, 0.1) is 19.1 Å². The second-order valence-electron chi connectivity index (χ2n) is 4.95. The highest BCUT2D eigenvalue weighted by molar-refractivity contribution is 5.79. The molecule has 0 aliphatic carbocycles. The molecule has 0 fully saturated rings. The van der Waals surface area contributed by atoms with Gasteiger partial charge in [-0.3, -0.25) is 9.59 Å². The second-order valence-corrected chi connectivity index (χ2v) is 4.95. The van der Waals surface area contributed by atoms with Crippen LogP contribution in [0.1, 0.15) is 30.5 Å². The topological polar surface area (TPSA) is 69.6 Å². The molecule has 1 heterocycles. The van der Waals surface area contributed by atoms with Gasteiger partial charge in [-0.15, -0.1) is 0 Å². The Morgan fingerprint density at radius 1 is 1.40 bits per heavy atom. The predicted molar refractivity (Wildman–Crippen MR) is 75.0 cm³/mol. The van der Waals surface area contributed by atoms with Crippen molar-refractivity contribution in [3.05, 3.63) is 35.4 Å². The van der Waals surface area contributed by atoms with E-state index < -0.39 is 0 Å². The van der Waals surface area contributed by atoms with Gasteiger partial charge in [0.25, 0.3) is 0 Å². The van der Waals surface area contributed by atoms with Crippen LogP contribution in [-0.4, -0.2) is 41.5 Å². The first-order valence-corrected chi connectivity index (χ1v) is 6.86. The van der Waals surface area contributed by atoms with Crippen LogP contribution in [0.4, 0.5) is 0 Å². The number of carbonyl (C=O) groups excluding carboxylic acids is 2. The lowest BCUT2D eigenvalue weighted by Gasteiger charge is -2.36. The van der Waals surface area contributed by atoms with Crippen LogP contribution in [0.25, 0.3) is 0 Å². The van der Waals surface area contributed by atoms with Crippen molar-refractivity contribution in [2.75, 3.05) is 19.7 Å². The van der Waals surface area contributed by atoms with Gasteiger partial charge >= 0.3 is 0 Å². The summed E-state index contributed by atoms with van der Waals surface area (Å²) in [7, 11) is 0. The second kappa shape index (κ2) is 6.52. The molecule has 2 N–H and O–H groups in total. The van der Waals surface area contributed by atoms with Crippen LogP contribution in [0, 0.1) is 0 Å². The van der Waals surface area contributed by atoms with Gasteiger partial charge in [-0.05, 0) is 17.5 Å². The zero-order chi connectivity index (χ0) is 14.5. The molecule has 0 radical (unpaired) electrons. The van der Waals surface area contributed by atoms with Crippen molar-refractivity contribution in [1.29, 1.82) is 0 Å². The quantitative estimate of drug-likeness (QED) is 0.847. The van der Waals surface area contributed by atoms with Crippen LogP contribution >= 0.6 is 0 Å². The van der Waals surface area contributed by atoms with E-state index >= 15 is 0 Å². The molecule has 0 saturated carbocycles. The number of aliphatic hydroxyl groups excluding tert-OH is 1. The van der Waals surface area contributed by atoms with E-state index in [2.05, 4.69) is 5.32 Å². The lowest BCUT2D eigenvalue weighted by molar-refractivity contribution is -0.133. The fraction of sp³-hybridized carbons (Fsp3) is 0.467. The minimum atomic E-state index is -0.212. The van der Waals surface area contributed by atoms with Crippen molar-refractivity contribution >= 4 is 11.8 Å². The van der Waals surface area contributed by atoms with Crippen molar-refractivity contribution < 1.29 is 14.7 Å². The van der Waals surface area contributed by atoms with Crippen LogP contribution in [0.15, 0.2) is 24.3 Å². The summed E-state index contributed by atoms with van der Waals surface area (Å²) in [5.74, 6) is -0.161. The van der Waals surface area contributed by atoms with Gasteiger partial charge in [-0.1, -0.05) is 24.3 Å². The minimum Gasteiger partial charge on any atom is -0.395 e. The van der Waals surface area contributed by atoms with Crippen molar-refractivity contribution in [1.82, 2.24) is 10.2 Å². The minimum absolute atomic E-state index is 0.0144. The molecule has 108 valence electrons. The van der Waals surface area contributed by atoms with Gasteiger partial charge in [0.2, 0.25) is 11.8 Å². The largest absolute Gasteiger partial charge is 0.395 e. The van der Waals surface area contributed by atoms with Crippen molar-refractivity contribution in [3.8, 4) is 0 Å². The monoisotopic (exact) mass is 276 g/mol. The Balaban J connectivity index is 2.20. The number of hydrogen-bond donors (Lipinski definition) is 2. The third kappa shape index (κ3) is 3.17. The van der Waals surface area contributed by atoms with Gasteiger partial charge in [-0.2, -0.15) is 0 Å². The highest BCUT2D eigenvalue weighted by Gasteiger charge is 2.30. The zero-order valence-electron chi connectivity index (χ0n) is 11.6. The summed E-state index contributed by atoms with van der Waals surface area (Å²) in [5.41, 5.74) is 2.25. The molecule has 2 rings (SSSR count). The summed E-state index contributed by atoms with van der Waals surface area (Å²) in [6.07, 6.45) is 1.06. The summed E-state index contributed by atoms with van der Waals surface area (Å²) in [4.78, 5) is 25.4. The average molecular weight is 276 g/mol. The van der Waals surface area contributed by atoms with Gasteiger partial charge in [-0.25, -0.2) is 0 Å². The summed E-state index contributed by atoms with van der Waals surface area (Å²) in [6.45, 7) is 2.34. The van der Waals surface area contributed by atoms with E-state index in [0.29, 0.717) is 6.54 Å². The molecule has 1 aromatic carbocycles. The van der Waals surface area contributed by atoms with Crippen LogP contribution in [-0.2, 0) is 16.0 Å². The average Bonchev–Trinajstić information content (AvgIpc) is 2.45. The van der Waals surface area contributed by atoms with Gasteiger partial charge in [0, 0.05) is 20.0 Å². The number of nitrogens with one attached hydrogen (secondary N) is 1.